The van der Waals surface area contributed by atoms with Gasteiger partial charge in [0, 0.05) is 23.7 Å². The van der Waals surface area contributed by atoms with E-state index in [1.807, 2.05) is 32.9 Å². The van der Waals surface area contributed by atoms with Crippen LogP contribution in [0.1, 0.15) is 58.9 Å². The predicted octanol–water partition coefficient (Wildman–Crippen LogP) is 8.70. The van der Waals surface area contributed by atoms with Crippen molar-refractivity contribution in [3.63, 3.8) is 0 Å². The van der Waals surface area contributed by atoms with E-state index in [1.165, 1.54) is 4.90 Å². The molecule has 0 heterocycles. The summed E-state index contributed by atoms with van der Waals surface area (Å²) in [6.07, 6.45) is -9.68. The molecule has 204 valence electrons. The van der Waals surface area contributed by atoms with Crippen molar-refractivity contribution in [2.24, 2.45) is 0 Å². The van der Waals surface area contributed by atoms with Gasteiger partial charge in [0.15, 0.2) is 0 Å². The molecule has 0 aliphatic carbocycles. The van der Waals surface area contributed by atoms with Crippen LogP contribution in [0.2, 0.25) is 5.02 Å². The molecular weight excluding hydrogens is 535 g/mol. The lowest BCUT2D eigenvalue weighted by Crippen LogP contribution is -2.33. The molecule has 0 bridgehead atoms. The lowest BCUT2D eigenvalue weighted by atomic mass is 9.87. The second-order valence-corrected chi connectivity index (χ2v) is 10.4. The molecule has 10 heteroatoms. The molecule has 3 aromatic rings. The molecule has 0 N–H and O–H groups in total. The van der Waals surface area contributed by atoms with E-state index in [0.717, 1.165) is 23.8 Å². The highest BCUT2D eigenvalue weighted by atomic mass is 35.5. The molecule has 0 aliphatic rings. The Balaban J connectivity index is 1.95. The SMILES string of the molecule is CC(C)(C)c1ccc(CN(CCc2cc(F)cc(C(F)(F)F)c2)C(=O)c2cc(Cl)cc(C(F)(F)F)c2)cc1. The van der Waals surface area contributed by atoms with Crippen LogP contribution in [0, 0.1) is 5.82 Å². The predicted molar refractivity (Wildman–Crippen MR) is 131 cm³/mol. The molecule has 0 spiro atoms. The van der Waals surface area contributed by atoms with Gasteiger partial charge in [-0.05, 0) is 64.9 Å². The molecule has 1 amide bonds. The van der Waals surface area contributed by atoms with Crippen molar-refractivity contribution < 1.29 is 35.5 Å². The highest BCUT2D eigenvalue weighted by molar-refractivity contribution is 6.31. The molecule has 0 saturated carbocycles. The Morgan fingerprint density at radius 1 is 0.763 bits per heavy atom. The third-order valence-electron chi connectivity index (χ3n) is 5.91. The largest absolute Gasteiger partial charge is 0.416 e. The number of rotatable bonds is 6. The normalized spacial score (nSPS) is 12.5. The van der Waals surface area contributed by atoms with E-state index in [0.29, 0.717) is 23.8 Å². The average Bonchev–Trinajstić information content (AvgIpc) is 2.79. The van der Waals surface area contributed by atoms with E-state index < -0.39 is 35.2 Å². The van der Waals surface area contributed by atoms with E-state index in [4.69, 9.17) is 11.6 Å². The molecular formula is C28H25ClF7NO. The zero-order valence-corrected chi connectivity index (χ0v) is 21.5. The van der Waals surface area contributed by atoms with E-state index >= 15 is 0 Å². The Hall–Kier alpha value is -3.07. The standard InChI is InChI=1S/C28H25ClF7NO/c1-26(2,3)20-6-4-17(5-7-20)16-37(9-8-18-10-21(27(31,32)33)15-24(30)11-18)25(38)19-12-22(28(34,35)36)14-23(29)13-19/h4-7,10-15H,8-9,16H2,1-3H3. The van der Waals surface area contributed by atoms with Gasteiger partial charge in [-0.2, -0.15) is 26.3 Å². The summed E-state index contributed by atoms with van der Waals surface area (Å²) in [6, 6.07) is 11.8. The van der Waals surface area contributed by atoms with Gasteiger partial charge in [0.25, 0.3) is 5.91 Å². The fraction of sp³-hybridized carbons (Fsp3) is 0.321. The van der Waals surface area contributed by atoms with Gasteiger partial charge in [-0.25, -0.2) is 4.39 Å². The Bertz CT molecular complexity index is 1290. The van der Waals surface area contributed by atoms with Crippen LogP contribution in [0.4, 0.5) is 30.7 Å². The first-order chi connectivity index (χ1) is 17.4. The number of carbonyl (C=O) groups excluding carboxylic acids is 1. The minimum Gasteiger partial charge on any atom is -0.334 e. The minimum absolute atomic E-state index is 0.0136. The molecule has 0 saturated heterocycles. The van der Waals surface area contributed by atoms with E-state index in [1.54, 1.807) is 12.1 Å². The van der Waals surface area contributed by atoms with Crippen LogP contribution in [0.5, 0.6) is 0 Å². The van der Waals surface area contributed by atoms with Gasteiger partial charge in [-0.3, -0.25) is 4.79 Å². The van der Waals surface area contributed by atoms with Crippen molar-refractivity contribution in [1.29, 1.82) is 0 Å². The first-order valence-corrected chi connectivity index (χ1v) is 11.9. The lowest BCUT2D eigenvalue weighted by molar-refractivity contribution is -0.138. The molecule has 0 radical (unpaired) electrons. The van der Waals surface area contributed by atoms with Crippen LogP contribution in [-0.4, -0.2) is 17.4 Å². The zero-order valence-electron chi connectivity index (χ0n) is 20.8. The fourth-order valence-corrected chi connectivity index (χ4v) is 4.10. The summed E-state index contributed by atoms with van der Waals surface area (Å²) in [7, 11) is 0. The van der Waals surface area contributed by atoms with Crippen molar-refractivity contribution in [2.75, 3.05) is 6.54 Å². The molecule has 0 fully saturated rings. The molecule has 38 heavy (non-hydrogen) atoms. The van der Waals surface area contributed by atoms with Crippen LogP contribution < -0.4 is 0 Å². The summed E-state index contributed by atoms with van der Waals surface area (Å²) >= 11 is 5.86. The number of amides is 1. The number of hydrogen-bond acceptors (Lipinski definition) is 1. The summed E-state index contributed by atoms with van der Waals surface area (Å²) in [4.78, 5) is 14.6. The maximum Gasteiger partial charge on any atom is 0.416 e. The number of nitrogens with zero attached hydrogens (tertiary/aromatic N) is 1. The number of carbonyl (C=O) groups is 1. The van der Waals surface area contributed by atoms with Crippen LogP contribution >= 0.6 is 11.6 Å². The Kier molecular flexibility index (Phi) is 8.51. The third-order valence-corrected chi connectivity index (χ3v) is 6.13. The van der Waals surface area contributed by atoms with Crippen molar-refractivity contribution in [3.8, 4) is 0 Å². The summed E-state index contributed by atoms with van der Waals surface area (Å²) in [5.74, 6) is -1.89. The first kappa shape index (κ1) is 29.5. The Morgan fingerprint density at radius 2 is 1.34 bits per heavy atom. The van der Waals surface area contributed by atoms with Gasteiger partial charge < -0.3 is 4.90 Å². The first-order valence-electron chi connectivity index (χ1n) is 11.6. The summed E-state index contributed by atoms with van der Waals surface area (Å²) in [5.41, 5.74) is -1.10. The average molecular weight is 560 g/mol. The van der Waals surface area contributed by atoms with Gasteiger partial charge in [0.2, 0.25) is 0 Å². The lowest BCUT2D eigenvalue weighted by Gasteiger charge is -2.25. The summed E-state index contributed by atoms with van der Waals surface area (Å²) < 4.78 is 93.3. The highest BCUT2D eigenvalue weighted by Crippen LogP contribution is 2.33. The number of benzene rings is 3. The molecule has 0 unspecified atom stereocenters. The van der Waals surface area contributed by atoms with Gasteiger partial charge in [-0.15, -0.1) is 0 Å². The topological polar surface area (TPSA) is 20.3 Å². The van der Waals surface area contributed by atoms with Crippen molar-refractivity contribution in [3.05, 3.63) is 105 Å². The van der Waals surface area contributed by atoms with Crippen LogP contribution in [-0.2, 0) is 30.7 Å². The molecule has 3 aromatic carbocycles. The quantitative estimate of drug-likeness (QED) is 0.277. The molecule has 0 aromatic heterocycles. The molecule has 0 aliphatic heterocycles. The van der Waals surface area contributed by atoms with Crippen molar-refractivity contribution in [2.45, 2.75) is 51.5 Å². The van der Waals surface area contributed by atoms with Crippen molar-refractivity contribution in [1.82, 2.24) is 4.90 Å². The number of alkyl halides is 6. The van der Waals surface area contributed by atoms with Gasteiger partial charge in [0.05, 0.1) is 11.1 Å². The van der Waals surface area contributed by atoms with E-state index in [-0.39, 0.29) is 41.1 Å². The van der Waals surface area contributed by atoms with E-state index in [9.17, 15) is 35.5 Å². The van der Waals surface area contributed by atoms with Crippen LogP contribution in [0.3, 0.4) is 0 Å². The Morgan fingerprint density at radius 3 is 1.89 bits per heavy atom. The fourth-order valence-electron chi connectivity index (χ4n) is 3.86. The highest BCUT2D eigenvalue weighted by Gasteiger charge is 2.33. The maximum absolute atomic E-state index is 13.9. The molecule has 0 atom stereocenters. The monoisotopic (exact) mass is 559 g/mol. The van der Waals surface area contributed by atoms with Gasteiger partial charge in [-0.1, -0.05) is 56.6 Å². The van der Waals surface area contributed by atoms with Crippen LogP contribution in [0.15, 0.2) is 60.7 Å². The van der Waals surface area contributed by atoms with Crippen LogP contribution in [0.25, 0.3) is 0 Å². The van der Waals surface area contributed by atoms with Gasteiger partial charge in [0.1, 0.15) is 5.82 Å². The number of hydrogen-bond donors (Lipinski definition) is 0. The molecule has 3 rings (SSSR count). The smallest absolute Gasteiger partial charge is 0.334 e. The second-order valence-electron chi connectivity index (χ2n) is 10.00. The zero-order chi connectivity index (χ0) is 28.5. The second kappa shape index (κ2) is 11.0. The third kappa shape index (κ3) is 7.72. The van der Waals surface area contributed by atoms with E-state index in [2.05, 4.69) is 0 Å². The summed E-state index contributed by atoms with van der Waals surface area (Å²) in [6.45, 7) is 5.82. The minimum atomic E-state index is -4.77. The number of halogens is 8. The maximum atomic E-state index is 13.9. The molecule has 2 nitrogen and oxygen atoms in total. The van der Waals surface area contributed by atoms with Gasteiger partial charge >= 0.3 is 12.4 Å². The van der Waals surface area contributed by atoms with Crippen molar-refractivity contribution >= 4 is 17.5 Å². The Labute approximate surface area is 221 Å². The summed E-state index contributed by atoms with van der Waals surface area (Å²) in [5, 5.41) is -0.294.